The first-order valence-corrected chi connectivity index (χ1v) is 7.94. The maximum Gasteiger partial charge on any atom is 0.234 e. The van der Waals surface area contributed by atoms with Crippen molar-refractivity contribution in [3.63, 3.8) is 0 Å². The van der Waals surface area contributed by atoms with E-state index < -0.39 is 0 Å². The second-order valence-electron chi connectivity index (χ2n) is 5.56. The molecule has 0 bridgehead atoms. The Morgan fingerprint density at radius 2 is 1.57 bits per heavy atom. The van der Waals surface area contributed by atoms with Crippen LogP contribution in [0.5, 0.6) is 0 Å². The van der Waals surface area contributed by atoms with Crippen molar-refractivity contribution in [1.82, 2.24) is 10.6 Å². The molecule has 3 N–H and O–H groups in total. The lowest BCUT2D eigenvalue weighted by atomic mass is 10.0. The predicted octanol–water partition coefficient (Wildman–Crippen LogP) is 2.58. The Labute approximate surface area is 137 Å². The van der Waals surface area contributed by atoms with E-state index in [9.17, 15) is 9.90 Å². The van der Waals surface area contributed by atoms with Gasteiger partial charge in [-0.05, 0) is 24.5 Å². The molecular formula is C19H24N2O2. The van der Waals surface area contributed by atoms with Crippen molar-refractivity contribution >= 4 is 5.91 Å². The van der Waals surface area contributed by atoms with Crippen molar-refractivity contribution in [3.05, 3.63) is 71.8 Å². The zero-order valence-corrected chi connectivity index (χ0v) is 13.4. The maximum atomic E-state index is 12.1. The molecule has 0 saturated heterocycles. The summed E-state index contributed by atoms with van der Waals surface area (Å²) in [6.07, 6.45) is 0.575. The summed E-state index contributed by atoms with van der Waals surface area (Å²) in [5.41, 5.74) is 2.15. The average molecular weight is 312 g/mol. The van der Waals surface area contributed by atoms with E-state index >= 15 is 0 Å². The molecule has 0 fully saturated rings. The highest BCUT2D eigenvalue weighted by atomic mass is 16.3. The van der Waals surface area contributed by atoms with Crippen LogP contribution >= 0.6 is 0 Å². The summed E-state index contributed by atoms with van der Waals surface area (Å²) in [4.78, 5) is 12.1. The minimum atomic E-state index is -0.0553. The van der Waals surface area contributed by atoms with Gasteiger partial charge in [-0.25, -0.2) is 0 Å². The normalized spacial score (nSPS) is 13.3. The Kier molecular flexibility index (Phi) is 6.78. The van der Waals surface area contributed by atoms with E-state index in [1.807, 2.05) is 67.6 Å². The summed E-state index contributed by atoms with van der Waals surface area (Å²) in [6.45, 7) is 2.26. The van der Waals surface area contributed by atoms with Gasteiger partial charge in [0.15, 0.2) is 0 Å². The number of carbonyl (C=O) groups excluding carboxylic acids is 1. The molecule has 0 heterocycles. The van der Waals surface area contributed by atoms with Gasteiger partial charge < -0.3 is 15.7 Å². The van der Waals surface area contributed by atoms with Gasteiger partial charge in [-0.3, -0.25) is 4.79 Å². The van der Waals surface area contributed by atoms with E-state index in [0.717, 1.165) is 11.1 Å². The van der Waals surface area contributed by atoms with Gasteiger partial charge in [-0.15, -0.1) is 0 Å². The van der Waals surface area contributed by atoms with Crippen LogP contribution in [0.15, 0.2) is 60.7 Å². The summed E-state index contributed by atoms with van der Waals surface area (Å²) < 4.78 is 0. The average Bonchev–Trinajstić information content (AvgIpc) is 2.60. The fourth-order valence-electron chi connectivity index (χ4n) is 2.53. The number of benzene rings is 2. The number of amides is 1. The molecule has 0 spiro atoms. The molecule has 23 heavy (non-hydrogen) atoms. The second kappa shape index (κ2) is 9.08. The zero-order chi connectivity index (χ0) is 16.5. The van der Waals surface area contributed by atoms with Gasteiger partial charge in [0.25, 0.3) is 0 Å². The smallest absolute Gasteiger partial charge is 0.234 e. The number of hydrogen-bond acceptors (Lipinski definition) is 3. The van der Waals surface area contributed by atoms with E-state index in [1.165, 1.54) is 0 Å². The molecule has 1 amide bonds. The maximum absolute atomic E-state index is 12.1. The van der Waals surface area contributed by atoms with E-state index in [0.29, 0.717) is 6.42 Å². The molecule has 2 unspecified atom stereocenters. The molecule has 2 atom stereocenters. The summed E-state index contributed by atoms with van der Waals surface area (Å²) >= 11 is 0. The van der Waals surface area contributed by atoms with E-state index in [-0.39, 0.29) is 31.1 Å². The Bertz CT molecular complexity index is 587. The van der Waals surface area contributed by atoms with Gasteiger partial charge in [-0.2, -0.15) is 0 Å². The van der Waals surface area contributed by atoms with Crippen LogP contribution in [0.25, 0.3) is 0 Å². The topological polar surface area (TPSA) is 61.4 Å². The van der Waals surface area contributed by atoms with E-state index in [4.69, 9.17) is 0 Å². The summed E-state index contributed by atoms with van der Waals surface area (Å²) in [7, 11) is 0. The van der Waals surface area contributed by atoms with Crippen molar-refractivity contribution in [2.45, 2.75) is 25.4 Å². The lowest BCUT2D eigenvalue weighted by molar-refractivity contribution is -0.121. The first-order chi connectivity index (χ1) is 11.2. The molecule has 4 heteroatoms. The molecule has 0 aliphatic heterocycles. The lowest BCUT2D eigenvalue weighted by Crippen LogP contribution is -2.37. The largest absolute Gasteiger partial charge is 0.396 e. The van der Waals surface area contributed by atoms with Crippen LogP contribution < -0.4 is 10.6 Å². The van der Waals surface area contributed by atoms with Crippen molar-refractivity contribution in [1.29, 1.82) is 0 Å². The summed E-state index contributed by atoms with van der Waals surface area (Å²) in [6, 6.07) is 19.7. The molecule has 0 aromatic heterocycles. The molecular weight excluding hydrogens is 288 g/mol. The van der Waals surface area contributed by atoms with Crippen LogP contribution in [-0.2, 0) is 4.79 Å². The van der Waals surface area contributed by atoms with Crippen molar-refractivity contribution in [3.8, 4) is 0 Å². The Morgan fingerprint density at radius 3 is 2.13 bits per heavy atom. The minimum Gasteiger partial charge on any atom is -0.396 e. The standard InChI is InChI=1S/C19H24N2O2/c1-15(16-8-4-2-5-9-16)21-19(23)14-20-18(12-13-22)17-10-6-3-7-11-17/h2-11,15,18,20,22H,12-14H2,1H3,(H,21,23). The highest BCUT2D eigenvalue weighted by molar-refractivity contribution is 5.78. The third-order valence-electron chi connectivity index (χ3n) is 3.81. The van der Waals surface area contributed by atoms with Gasteiger partial charge in [0.1, 0.15) is 0 Å². The van der Waals surface area contributed by atoms with Crippen LogP contribution in [0.1, 0.15) is 36.6 Å². The van der Waals surface area contributed by atoms with Gasteiger partial charge in [-0.1, -0.05) is 60.7 Å². The fourth-order valence-corrected chi connectivity index (χ4v) is 2.53. The van der Waals surface area contributed by atoms with E-state index in [2.05, 4.69) is 10.6 Å². The zero-order valence-electron chi connectivity index (χ0n) is 13.4. The first kappa shape index (κ1) is 17.2. The van der Waals surface area contributed by atoms with Crippen molar-refractivity contribution < 1.29 is 9.90 Å². The van der Waals surface area contributed by atoms with Crippen LogP contribution in [-0.4, -0.2) is 24.2 Å². The Morgan fingerprint density at radius 1 is 1.00 bits per heavy atom. The highest BCUT2D eigenvalue weighted by Crippen LogP contribution is 2.16. The fraction of sp³-hybridized carbons (Fsp3) is 0.316. The molecule has 0 aliphatic carbocycles. The monoisotopic (exact) mass is 312 g/mol. The highest BCUT2D eigenvalue weighted by Gasteiger charge is 2.13. The number of aliphatic hydroxyl groups excluding tert-OH is 1. The van der Waals surface area contributed by atoms with Crippen molar-refractivity contribution in [2.24, 2.45) is 0 Å². The molecule has 122 valence electrons. The molecule has 2 aromatic carbocycles. The van der Waals surface area contributed by atoms with Crippen LogP contribution in [0.4, 0.5) is 0 Å². The number of hydrogen-bond donors (Lipinski definition) is 3. The second-order valence-corrected chi connectivity index (χ2v) is 5.56. The van der Waals surface area contributed by atoms with Gasteiger partial charge in [0.05, 0.1) is 12.6 Å². The molecule has 0 radical (unpaired) electrons. The predicted molar refractivity (Wildman–Crippen MR) is 91.9 cm³/mol. The Balaban J connectivity index is 1.87. The quantitative estimate of drug-likeness (QED) is 0.702. The SMILES string of the molecule is CC(NC(=O)CNC(CCO)c1ccccc1)c1ccccc1. The van der Waals surface area contributed by atoms with Gasteiger partial charge in [0, 0.05) is 12.6 Å². The lowest BCUT2D eigenvalue weighted by Gasteiger charge is -2.19. The van der Waals surface area contributed by atoms with Crippen LogP contribution in [0.3, 0.4) is 0 Å². The molecule has 2 aromatic rings. The molecule has 2 rings (SSSR count). The number of nitrogens with one attached hydrogen (secondary N) is 2. The number of carbonyl (C=O) groups is 1. The molecule has 0 aliphatic rings. The van der Waals surface area contributed by atoms with Gasteiger partial charge >= 0.3 is 0 Å². The number of aliphatic hydroxyl groups is 1. The summed E-state index contributed by atoms with van der Waals surface area (Å²) in [5.74, 6) is -0.0553. The number of rotatable bonds is 8. The molecule has 4 nitrogen and oxygen atoms in total. The Hall–Kier alpha value is -2.17. The third-order valence-corrected chi connectivity index (χ3v) is 3.81. The van der Waals surface area contributed by atoms with Crippen molar-refractivity contribution in [2.75, 3.05) is 13.2 Å². The first-order valence-electron chi connectivity index (χ1n) is 7.94. The molecule has 0 saturated carbocycles. The van der Waals surface area contributed by atoms with E-state index in [1.54, 1.807) is 0 Å². The van der Waals surface area contributed by atoms with Gasteiger partial charge in [0.2, 0.25) is 5.91 Å². The third kappa shape index (κ3) is 5.51. The minimum absolute atomic E-state index is 0.0287. The summed E-state index contributed by atoms with van der Waals surface area (Å²) in [5, 5.41) is 15.4. The van der Waals surface area contributed by atoms with Crippen LogP contribution in [0.2, 0.25) is 0 Å². The van der Waals surface area contributed by atoms with Crippen LogP contribution in [0, 0.1) is 0 Å².